The first-order valence-corrected chi connectivity index (χ1v) is 12.3. The third-order valence-corrected chi connectivity index (χ3v) is 7.15. The Morgan fingerprint density at radius 2 is 1.75 bits per heavy atom. The molecule has 3 rings (SSSR count). The summed E-state index contributed by atoms with van der Waals surface area (Å²) in [6.07, 6.45) is 0.948. The van der Waals surface area contributed by atoms with Crippen LogP contribution in [0.25, 0.3) is 10.4 Å². The van der Waals surface area contributed by atoms with Crippen molar-refractivity contribution in [1.82, 2.24) is 4.90 Å². The number of aliphatic carboxylic acids is 1. The number of alkyl halides is 3. The fourth-order valence-corrected chi connectivity index (χ4v) is 5.11. The van der Waals surface area contributed by atoms with Gasteiger partial charge in [0.25, 0.3) is 0 Å². The maximum absolute atomic E-state index is 15.4. The highest BCUT2D eigenvalue weighted by atomic mass is 19.4. The third-order valence-electron chi connectivity index (χ3n) is 7.15. The summed E-state index contributed by atoms with van der Waals surface area (Å²) in [5.74, 6) is -6.81. The largest absolute Gasteiger partial charge is 0.481 e. The molecule has 6 nitrogen and oxygen atoms in total. The second-order valence-electron chi connectivity index (χ2n) is 9.73. The number of azide groups is 1. The molecule has 0 amide bonds. The lowest BCUT2D eigenvalue weighted by atomic mass is 9.82. The number of benzene rings is 2. The Bertz CT molecular complexity index is 1310. The predicted octanol–water partition coefficient (Wildman–Crippen LogP) is 8.22. The first kappa shape index (κ1) is 30.8. The number of carboxylic acid groups (broad SMARTS) is 1. The van der Waals surface area contributed by atoms with Crippen molar-refractivity contribution >= 4 is 11.7 Å². The molecule has 0 aromatic heterocycles. The summed E-state index contributed by atoms with van der Waals surface area (Å²) in [6.45, 7) is 1.67. The van der Waals surface area contributed by atoms with Crippen molar-refractivity contribution in [2.75, 3.05) is 6.54 Å². The zero-order valence-electron chi connectivity index (χ0n) is 21.2. The van der Waals surface area contributed by atoms with Gasteiger partial charge < -0.3 is 5.11 Å². The quantitative estimate of drug-likeness (QED) is 0.0823. The van der Waals surface area contributed by atoms with Crippen LogP contribution in [-0.4, -0.2) is 22.5 Å². The Morgan fingerprint density at radius 3 is 2.25 bits per heavy atom. The van der Waals surface area contributed by atoms with Gasteiger partial charge in [0, 0.05) is 34.9 Å². The number of hydrogen-bond donors (Lipinski definition) is 1. The summed E-state index contributed by atoms with van der Waals surface area (Å²) in [6, 6.07) is 1.83. The van der Waals surface area contributed by atoms with Gasteiger partial charge >= 0.3 is 12.1 Å². The van der Waals surface area contributed by atoms with Crippen LogP contribution in [-0.2, 0) is 11.0 Å². The number of nitrogens with zero attached hydrogens (tertiary/aromatic N) is 4. The van der Waals surface area contributed by atoms with E-state index in [2.05, 4.69) is 15.9 Å². The summed E-state index contributed by atoms with van der Waals surface area (Å²) < 4.78 is 99.9. The molecule has 13 heteroatoms. The van der Waals surface area contributed by atoms with Gasteiger partial charge in [0.15, 0.2) is 23.3 Å². The fraction of sp³-hybridized carbons (Fsp3) is 0.444. The fourth-order valence-electron chi connectivity index (χ4n) is 5.11. The highest BCUT2D eigenvalue weighted by Gasteiger charge is 2.40. The van der Waals surface area contributed by atoms with E-state index in [1.54, 1.807) is 6.92 Å². The molecule has 214 valence electrons. The lowest BCUT2D eigenvalue weighted by Gasteiger charge is -2.44. The van der Waals surface area contributed by atoms with Crippen LogP contribution in [0.1, 0.15) is 67.8 Å². The summed E-state index contributed by atoms with van der Waals surface area (Å²) in [7, 11) is 0. The molecular weight excluding hydrogens is 545 g/mol. The number of terminal acetylenes is 1. The van der Waals surface area contributed by atoms with E-state index >= 15 is 8.78 Å². The van der Waals surface area contributed by atoms with Gasteiger partial charge in [-0.05, 0) is 61.4 Å². The van der Waals surface area contributed by atoms with Gasteiger partial charge in [-0.15, -0.1) is 12.3 Å². The molecular formula is C27H25F7N4O2. The molecule has 1 fully saturated rings. The van der Waals surface area contributed by atoms with E-state index in [9.17, 15) is 31.9 Å². The Balaban J connectivity index is 2.18. The normalized spacial score (nSPS) is 19.4. The molecule has 0 aliphatic carbocycles. The molecule has 4 atom stereocenters. The van der Waals surface area contributed by atoms with Gasteiger partial charge in [-0.3, -0.25) is 9.69 Å². The van der Waals surface area contributed by atoms with E-state index in [0.717, 1.165) is 12.1 Å². The Labute approximate surface area is 225 Å². The highest BCUT2D eigenvalue weighted by Crippen LogP contribution is 2.46. The minimum atomic E-state index is -4.63. The SMILES string of the molecule is C#CC(C)CC[C@H](c1c(F)c(F)c(N=[N+]=[N-])c(F)c1F)N1CC[C@@H](CC(=O)O)C[C@H]1c1ccc(C(F)(F)F)cc1. The molecule has 0 saturated carbocycles. The molecule has 2 aromatic rings. The highest BCUT2D eigenvalue weighted by molar-refractivity contribution is 5.67. The third kappa shape index (κ3) is 6.69. The van der Waals surface area contributed by atoms with E-state index in [0.29, 0.717) is 5.56 Å². The predicted molar refractivity (Wildman–Crippen MR) is 131 cm³/mol. The number of hydrogen-bond acceptors (Lipinski definition) is 3. The van der Waals surface area contributed by atoms with E-state index < -0.39 is 76.1 Å². The molecule has 1 N–H and O–H groups in total. The van der Waals surface area contributed by atoms with Gasteiger partial charge in [0.05, 0.1) is 5.56 Å². The minimum Gasteiger partial charge on any atom is -0.481 e. The summed E-state index contributed by atoms with van der Waals surface area (Å²) >= 11 is 0. The molecule has 1 aliphatic heterocycles. The summed E-state index contributed by atoms with van der Waals surface area (Å²) in [4.78, 5) is 15.1. The van der Waals surface area contributed by atoms with Gasteiger partial charge in [-0.25, -0.2) is 17.6 Å². The molecule has 1 saturated heterocycles. The molecule has 2 aromatic carbocycles. The maximum atomic E-state index is 15.4. The average molecular weight is 571 g/mol. The van der Waals surface area contributed by atoms with Gasteiger partial charge in [-0.1, -0.05) is 24.2 Å². The van der Waals surface area contributed by atoms with Crippen LogP contribution < -0.4 is 0 Å². The molecule has 0 radical (unpaired) electrons. The number of likely N-dealkylation sites (tertiary alicyclic amines) is 1. The van der Waals surface area contributed by atoms with E-state index in [-0.39, 0.29) is 38.6 Å². The van der Waals surface area contributed by atoms with E-state index in [4.69, 9.17) is 12.0 Å². The zero-order chi connectivity index (χ0) is 29.8. The van der Waals surface area contributed by atoms with Crippen LogP contribution in [0, 0.1) is 47.4 Å². The lowest BCUT2D eigenvalue weighted by molar-refractivity contribution is -0.139. The van der Waals surface area contributed by atoms with Crippen LogP contribution in [0.5, 0.6) is 0 Å². The van der Waals surface area contributed by atoms with Crippen molar-refractivity contribution in [3.8, 4) is 12.3 Å². The smallest absolute Gasteiger partial charge is 0.416 e. The maximum Gasteiger partial charge on any atom is 0.416 e. The van der Waals surface area contributed by atoms with E-state index in [1.807, 2.05) is 0 Å². The van der Waals surface area contributed by atoms with Crippen molar-refractivity contribution in [3.63, 3.8) is 0 Å². The molecule has 1 aliphatic rings. The van der Waals surface area contributed by atoms with Crippen molar-refractivity contribution in [3.05, 3.63) is 74.7 Å². The van der Waals surface area contributed by atoms with Crippen LogP contribution in [0.4, 0.5) is 36.4 Å². The second-order valence-corrected chi connectivity index (χ2v) is 9.73. The number of piperidine rings is 1. The summed E-state index contributed by atoms with van der Waals surface area (Å²) in [5.41, 5.74) is 5.47. The Kier molecular flexibility index (Phi) is 9.71. The topological polar surface area (TPSA) is 89.3 Å². The van der Waals surface area contributed by atoms with Crippen molar-refractivity contribution in [2.45, 2.75) is 57.3 Å². The number of rotatable bonds is 9. The van der Waals surface area contributed by atoms with Crippen LogP contribution >= 0.6 is 0 Å². The summed E-state index contributed by atoms with van der Waals surface area (Å²) in [5, 5.41) is 12.0. The Morgan fingerprint density at radius 1 is 1.15 bits per heavy atom. The monoisotopic (exact) mass is 570 g/mol. The van der Waals surface area contributed by atoms with Gasteiger partial charge in [0.1, 0.15) is 5.69 Å². The average Bonchev–Trinajstić information content (AvgIpc) is 2.91. The number of carbonyl (C=O) groups is 1. The first-order chi connectivity index (χ1) is 18.8. The van der Waals surface area contributed by atoms with Crippen LogP contribution in [0.3, 0.4) is 0 Å². The van der Waals surface area contributed by atoms with Crippen LogP contribution in [0.15, 0.2) is 29.4 Å². The van der Waals surface area contributed by atoms with Gasteiger partial charge in [-0.2, -0.15) is 13.2 Å². The second kappa shape index (κ2) is 12.6. The zero-order valence-corrected chi connectivity index (χ0v) is 21.2. The van der Waals surface area contributed by atoms with Crippen molar-refractivity contribution in [2.24, 2.45) is 17.0 Å². The van der Waals surface area contributed by atoms with Crippen molar-refractivity contribution < 1.29 is 40.6 Å². The molecule has 1 unspecified atom stereocenters. The first-order valence-electron chi connectivity index (χ1n) is 12.3. The minimum absolute atomic E-state index is 0.0129. The molecule has 40 heavy (non-hydrogen) atoms. The molecule has 1 heterocycles. The molecule has 0 spiro atoms. The van der Waals surface area contributed by atoms with Gasteiger partial charge in [0.2, 0.25) is 0 Å². The Hall–Kier alpha value is -3.75. The number of carboxylic acids is 1. The standard InChI is InChI=1S/C27H25F7N4O2/c1-3-14(2)4-9-18(21-22(28)24(30)26(36-37-35)25(31)23(21)29)38-11-10-15(13-20(39)40)12-19(38)16-5-7-17(8-6-16)27(32,33)34/h1,5-8,14-15,18-19H,4,9-13H2,2H3,(H,39,40)/t14?,15-,18-,19+/m1/s1. The number of halogens is 7. The van der Waals surface area contributed by atoms with Crippen molar-refractivity contribution in [1.29, 1.82) is 0 Å². The lowest BCUT2D eigenvalue weighted by Crippen LogP contribution is -2.41. The van der Waals surface area contributed by atoms with Crippen LogP contribution in [0.2, 0.25) is 0 Å². The molecule has 0 bridgehead atoms. The van der Waals surface area contributed by atoms with E-state index in [1.165, 1.54) is 17.0 Å².